The maximum absolute atomic E-state index is 12.5. The van der Waals surface area contributed by atoms with Crippen LogP contribution in [0.2, 0.25) is 0 Å². The quantitative estimate of drug-likeness (QED) is 0.858. The summed E-state index contributed by atoms with van der Waals surface area (Å²) in [4.78, 5) is 14.2. The Labute approximate surface area is 143 Å². The van der Waals surface area contributed by atoms with Crippen molar-refractivity contribution in [3.8, 4) is 11.1 Å². The van der Waals surface area contributed by atoms with Gasteiger partial charge < -0.3 is 4.90 Å². The predicted molar refractivity (Wildman–Crippen MR) is 95.1 cm³/mol. The molecule has 126 valence electrons. The zero-order valence-electron chi connectivity index (χ0n) is 13.7. The first-order valence-corrected chi connectivity index (χ1v) is 9.87. The number of sulfone groups is 1. The first kappa shape index (κ1) is 16.7. The van der Waals surface area contributed by atoms with Crippen molar-refractivity contribution in [1.29, 1.82) is 0 Å². The van der Waals surface area contributed by atoms with Crippen LogP contribution in [0.1, 0.15) is 12.0 Å². The lowest BCUT2D eigenvalue weighted by molar-refractivity contribution is -0.133. The number of rotatable bonds is 4. The average molecular weight is 343 g/mol. The average Bonchev–Trinajstić information content (AvgIpc) is 2.95. The molecule has 4 nitrogen and oxygen atoms in total. The Morgan fingerprint density at radius 2 is 1.75 bits per heavy atom. The van der Waals surface area contributed by atoms with Crippen molar-refractivity contribution < 1.29 is 13.2 Å². The van der Waals surface area contributed by atoms with Crippen molar-refractivity contribution >= 4 is 15.7 Å². The summed E-state index contributed by atoms with van der Waals surface area (Å²) in [6.45, 7) is 0.473. The molecule has 2 aromatic rings. The second-order valence-electron chi connectivity index (χ2n) is 6.32. The fourth-order valence-corrected chi connectivity index (χ4v) is 4.92. The lowest BCUT2D eigenvalue weighted by Gasteiger charge is -2.22. The highest BCUT2D eigenvalue weighted by Gasteiger charge is 2.34. The molecule has 0 saturated carbocycles. The predicted octanol–water partition coefficient (Wildman–Crippen LogP) is 2.75. The van der Waals surface area contributed by atoms with Crippen LogP contribution in [0.3, 0.4) is 0 Å². The van der Waals surface area contributed by atoms with Gasteiger partial charge in [0.2, 0.25) is 5.91 Å². The molecule has 1 saturated heterocycles. The largest absolute Gasteiger partial charge is 0.341 e. The van der Waals surface area contributed by atoms with Gasteiger partial charge in [-0.25, -0.2) is 8.42 Å². The highest BCUT2D eigenvalue weighted by Crippen LogP contribution is 2.26. The molecule has 1 atom stereocenters. The number of nitrogens with zero attached hydrogens (tertiary/aromatic N) is 1. The lowest BCUT2D eigenvalue weighted by Crippen LogP contribution is -2.33. The van der Waals surface area contributed by atoms with E-state index in [1.54, 1.807) is 11.9 Å². The molecule has 0 N–H and O–H groups in total. The monoisotopic (exact) mass is 343 g/mol. The maximum atomic E-state index is 12.5. The van der Waals surface area contributed by atoms with E-state index in [9.17, 15) is 13.2 Å². The summed E-state index contributed by atoms with van der Waals surface area (Å²) in [5.74, 6) is -0.378. The third kappa shape index (κ3) is 3.67. The van der Waals surface area contributed by atoms with E-state index >= 15 is 0 Å². The molecule has 2 aromatic carbocycles. The molecule has 3 rings (SSSR count). The minimum atomic E-state index is -3.05. The first-order valence-electron chi connectivity index (χ1n) is 8.05. The molecule has 0 bridgehead atoms. The Morgan fingerprint density at radius 3 is 2.42 bits per heavy atom. The van der Waals surface area contributed by atoms with E-state index in [4.69, 9.17) is 0 Å². The Kier molecular flexibility index (Phi) is 4.71. The summed E-state index contributed by atoms with van der Waals surface area (Å²) < 4.78 is 23.2. The van der Waals surface area contributed by atoms with Gasteiger partial charge >= 0.3 is 0 Å². The summed E-state index contributed by atoms with van der Waals surface area (Å²) in [5, 5.41) is 0. The minimum absolute atomic E-state index is 0.0174. The Hall–Kier alpha value is -2.14. The smallest absolute Gasteiger partial charge is 0.226 e. The number of amides is 1. The van der Waals surface area contributed by atoms with Crippen LogP contribution in [-0.2, 0) is 21.2 Å². The zero-order chi connectivity index (χ0) is 17.2. The van der Waals surface area contributed by atoms with Crippen LogP contribution in [0.25, 0.3) is 11.1 Å². The molecule has 1 fully saturated rings. The van der Waals surface area contributed by atoms with Gasteiger partial charge in [-0.15, -0.1) is 0 Å². The van der Waals surface area contributed by atoms with E-state index in [2.05, 4.69) is 0 Å². The van der Waals surface area contributed by atoms with Gasteiger partial charge in [0.15, 0.2) is 9.84 Å². The normalized spacial score (nSPS) is 19.1. The molecule has 1 aliphatic heterocycles. The first-order chi connectivity index (χ1) is 11.5. The fraction of sp³-hybridized carbons (Fsp3) is 0.316. The van der Waals surface area contributed by atoms with Crippen LogP contribution in [0.5, 0.6) is 0 Å². The van der Waals surface area contributed by atoms with Gasteiger partial charge in [-0.3, -0.25) is 4.79 Å². The highest BCUT2D eigenvalue weighted by atomic mass is 32.2. The van der Waals surface area contributed by atoms with Crippen LogP contribution >= 0.6 is 0 Å². The molecule has 1 amide bonds. The van der Waals surface area contributed by atoms with Gasteiger partial charge in [0.1, 0.15) is 0 Å². The number of hydrogen-bond donors (Lipinski definition) is 0. The standard InChI is InChI=1S/C19H21NO3S/c1-20(19(21)17-11-12-24(22,23)14-17)13-16-9-5-6-10-18(16)15-7-3-2-4-8-15/h2-10,17H,11-14H2,1H3. The molecule has 24 heavy (non-hydrogen) atoms. The van der Waals surface area contributed by atoms with Gasteiger partial charge in [0, 0.05) is 13.6 Å². The van der Waals surface area contributed by atoms with Gasteiger partial charge in [-0.05, 0) is 23.1 Å². The zero-order valence-corrected chi connectivity index (χ0v) is 14.5. The van der Waals surface area contributed by atoms with Crippen molar-refractivity contribution in [2.45, 2.75) is 13.0 Å². The molecule has 1 heterocycles. The number of carbonyl (C=O) groups excluding carboxylic acids is 1. The van der Waals surface area contributed by atoms with Gasteiger partial charge in [-0.1, -0.05) is 54.6 Å². The molecule has 0 spiro atoms. The van der Waals surface area contributed by atoms with Crippen LogP contribution in [0.4, 0.5) is 0 Å². The van der Waals surface area contributed by atoms with E-state index in [0.717, 1.165) is 16.7 Å². The van der Waals surface area contributed by atoms with Crippen LogP contribution in [0.15, 0.2) is 54.6 Å². The molecular weight excluding hydrogens is 322 g/mol. The van der Waals surface area contributed by atoms with Gasteiger partial charge in [-0.2, -0.15) is 0 Å². The Bertz CT molecular complexity index is 831. The maximum Gasteiger partial charge on any atom is 0.226 e. The van der Waals surface area contributed by atoms with E-state index < -0.39 is 15.8 Å². The van der Waals surface area contributed by atoms with Crippen LogP contribution in [0, 0.1) is 5.92 Å². The SMILES string of the molecule is CN(Cc1ccccc1-c1ccccc1)C(=O)C1CCS(=O)(=O)C1. The van der Waals surface area contributed by atoms with Crippen molar-refractivity contribution in [1.82, 2.24) is 4.90 Å². The van der Waals surface area contributed by atoms with Gasteiger partial charge in [0.25, 0.3) is 0 Å². The van der Waals surface area contributed by atoms with Crippen LogP contribution < -0.4 is 0 Å². The van der Waals surface area contributed by atoms with E-state index in [1.165, 1.54) is 0 Å². The highest BCUT2D eigenvalue weighted by molar-refractivity contribution is 7.91. The van der Waals surface area contributed by atoms with Crippen LogP contribution in [-0.4, -0.2) is 37.8 Å². The Morgan fingerprint density at radius 1 is 1.08 bits per heavy atom. The summed E-state index contributed by atoms with van der Waals surface area (Å²) in [6.07, 6.45) is 0.436. The summed E-state index contributed by atoms with van der Waals surface area (Å²) >= 11 is 0. The molecule has 0 aromatic heterocycles. The number of hydrogen-bond acceptors (Lipinski definition) is 3. The van der Waals surface area contributed by atoms with E-state index in [0.29, 0.717) is 13.0 Å². The minimum Gasteiger partial charge on any atom is -0.341 e. The summed E-state index contributed by atoms with van der Waals surface area (Å²) in [7, 11) is -1.30. The topological polar surface area (TPSA) is 54.5 Å². The molecular formula is C19H21NO3S. The van der Waals surface area contributed by atoms with Crippen molar-refractivity contribution in [3.63, 3.8) is 0 Å². The molecule has 5 heteroatoms. The van der Waals surface area contributed by atoms with E-state index in [-0.39, 0.29) is 17.4 Å². The van der Waals surface area contributed by atoms with Crippen molar-refractivity contribution in [2.75, 3.05) is 18.6 Å². The second kappa shape index (κ2) is 6.77. The number of carbonyl (C=O) groups is 1. The third-order valence-electron chi connectivity index (χ3n) is 4.47. The number of benzene rings is 2. The fourth-order valence-electron chi connectivity index (χ4n) is 3.19. The summed E-state index contributed by atoms with van der Waals surface area (Å²) in [5.41, 5.74) is 3.26. The molecule has 0 radical (unpaired) electrons. The molecule has 1 unspecified atom stereocenters. The lowest BCUT2D eigenvalue weighted by atomic mass is 9.99. The molecule has 0 aliphatic carbocycles. The molecule has 1 aliphatic rings. The van der Waals surface area contributed by atoms with Crippen molar-refractivity contribution in [3.05, 3.63) is 60.2 Å². The Balaban J connectivity index is 1.78. The summed E-state index contributed by atoms with van der Waals surface area (Å²) in [6, 6.07) is 18.0. The van der Waals surface area contributed by atoms with E-state index in [1.807, 2.05) is 54.6 Å². The van der Waals surface area contributed by atoms with Gasteiger partial charge in [0.05, 0.1) is 17.4 Å². The van der Waals surface area contributed by atoms with Crippen molar-refractivity contribution in [2.24, 2.45) is 5.92 Å². The second-order valence-corrected chi connectivity index (χ2v) is 8.55. The third-order valence-corrected chi connectivity index (χ3v) is 6.24.